The lowest BCUT2D eigenvalue weighted by molar-refractivity contribution is -0.131. The molecule has 2 aromatic heterocycles. The minimum Gasteiger partial charge on any atom is -0.352 e. The van der Waals surface area contributed by atoms with Gasteiger partial charge in [-0.05, 0) is 41.6 Å². The summed E-state index contributed by atoms with van der Waals surface area (Å²) in [5.41, 5.74) is 3.11. The third kappa shape index (κ3) is 3.25. The number of H-pyrrole nitrogens is 1. The number of carbonyl (C=O) groups is 2. The van der Waals surface area contributed by atoms with Crippen LogP contribution in [0.2, 0.25) is 0 Å². The molecule has 25 heavy (non-hydrogen) atoms. The smallest absolute Gasteiger partial charge is 0.251 e. The molecule has 4 rings (SSSR count). The van der Waals surface area contributed by atoms with Crippen LogP contribution in [0.25, 0.3) is 11.0 Å². The first-order chi connectivity index (χ1) is 12.2. The van der Waals surface area contributed by atoms with Crippen molar-refractivity contribution in [2.24, 2.45) is 0 Å². The van der Waals surface area contributed by atoms with E-state index >= 15 is 0 Å². The van der Waals surface area contributed by atoms with Crippen LogP contribution in [-0.4, -0.2) is 45.2 Å². The molecule has 0 saturated heterocycles. The average Bonchev–Trinajstić information content (AvgIpc) is 3.28. The van der Waals surface area contributed by atoms with Crippen LogP contribution < -0.4 is 5.32 Å². The van der Waals surface area contributed by atoms with Crippen LogP contribution in [0.4, 0.5) is 0 Å². The molecule has 128 valence electrons. The molecule has 2 amide bonds. The summed E-state index contributed by atoms with van der Waals surface area (Å²) in [4.78, 5) is 27.8. The minimum absolute atomic E-state index is 0.0732. The topological polar surface area (TPSA) is 91.0 Å². The molecule has 7 nitrogen and oxygen atoms in total. The van der Waals surface area contributed by atoms with Crippen molar-refractivity contribution in [3.05, 3.63) is 45.6 Å². The van der Waals surface area contributed by atoms with Gasteiger partial charge in [-0.3, -0.25) is 9.59 Å². The molecule has 1 aliphatic heterocycles. The lowest BCUT2D eigenvalue weighted by Crippen LogP contribution is -2.37. The zero-order chi connectivity index (χ0) is 17.2. The third-order valence-corrected chi connectivity index (χ3v) is 5.39. The van der Waals surface area contributed by atoms with E-state index in [0.717, 1.165) is 13.0 Å². The number of amides is 2. The van der Waals surface area contributed by atoms with E-state index in [0.29, 0.717) is 36.1 Å². The fourth-order valence-corrected chi connectivity index (χ4v) is 3.88. The quantitative estimate of drug-likeness (QED) is 0.746. The van der Waals surface area contributed by atoms with Gasteiger partial charge in [0, 0.05) is 36.5 Å². The number of nitrogens with one attached hydrogen (secondary N) is 2. The van der Waals surface area contributed by atoms with E-state index in [-0.39, 0.29) is 11.8 Å². The van der Waals surface area contributed by atoms with Gasteiger partial charge in [-0.2, -0.15) is 15.4 Å². The van der Waals surface area contributed by atoms with E-state index in [1.54, 1.807) is 29.5 Å². The predicted molar refractivity (Wildman–Crippen MR) is 94.3 cm³/mol. The summed E-state index contributed by atoms with van der Waals surface area (Å²) in [5, 5.41) is 15.3. The molecule has 1 aromatic carbocycles. The second-order valence-electron chi connectivity index (χ2n) is 5.97. The molecule has 3 aromatic rings. The molecule has 2 N–H and O–H groups in total. The first-order valence-corrected chi connectivity index (χ1v) is 9.00. The zero-order valence-electron chi connectivity index (χ0n) is 13.5. The molecular formula is C17H17N5O2S. The number of rotatable bonds is 4. The highest BCUT2D eigenvalue weighted by molar-refractivity contribution is 7.10. The monoisotopic (exact) mass is 355 g/mol. The number of fused-ring (bicyclic) bond motifs is 2. The maximum Gasteiger partial charge on any atom is 0.251 e. The summed E-state index contributed by atoms with van der Waals surface area (Å²) in [7, 11) is 0. The van der Waals surface area contributed by atoms with E-state index in [2.05, 4.69) is 32.2 Å². The summed E-state index contributed by atoms with van der Waals surface area (Å²) in [6.07, 6.45) is 1.22. The molecule has 0 saturated carbocycles. The highest BCUT2D eigenvalue weighted by atomic mass is 32.1. The third-order valence-electron chi connectivity index (χ3n) is 4.36. The highest BCUT2D eigenvalue weighted by Gasteiger charge is 2.21. The van der Waals surface area contributed by atoms with Gasteiger partial charge in [0.2, 0.25) is 5.91 Å². The van der Waals surface area contributed by atoms with Gasteiger partial charge >= 0.3 is 0 Å². The van der Waals surface area contributed by atoms with Gasteiger partial charge in [-0.15, -0.1) is 11.3 Å². The maximum atomic E-state index is 12.3. The van der Waals surface area contributed by atoms with Crippen LogP contribution >= 0.6 is 11.3 Å². The number of benzene rings is 1. The molecule has 1 aliphatic rings. The highest BCUT2D eigenvalue weighted by Crippen LogP contribution is 2.24. The van der Waals surface area contributed by atoms with Gasteiger partial charge in [-0.25, -0.2) is 0 Å². The van der Waals surface area contributed by atoms with E-state index in [9.17, 15) is 9.59 Å². The molecule has 0 unspecified atom stereocenters. The second-order valence-corrected chi connectivity index (χ2v) is 6.97. The van der Waals surface area contributed by atoms with Gasteiger partial charge in [0.1, 0.15) is 11.0 Å². The SMILES string of the molecule is O=C(NCCC(=O)N1CCc2sccc2C1)c1ccc2n[nH]nc2c1. The Labute approximate surface area is 148 Å². The fourth-order valence-electron chi connectivity index (χ4n) is 2.99. The van der Waals surface area contributed by atoms with Crippen LogP contribution in [0.5, 0.6) is 0 Å². The molecule has 0 atom stereocenters. The van der Waals surface area contributed by atoms with E-state index in [1.165, 1.54) is 10.4 Å². The van der Waals surface area contributed by atoms with Crippen LogP contribution in [-0.2, 0) is 17.8 Å². The molecule has 0 bridgehead atoms. The summed E-state index contributed by atoms with van der Waals surface area (Å²) >= 11 is 1.75. The summed E-state index contributed by atoms with van der Waals surface area (Å²) in [6, 6.07) is 7.20. The zero-order valence-corrected chi connectivity index (χ0v) is 14.3. The Bertz CT molecular complexity index is 932. The minimum atomic E-state index is -0.212. The number of hydrogen-bond acceptors (Lipinski definition) is 5. The fraction of sp³-hybridized carbons (Fsp3) is 0.294. The largest absolute Gasteiger partial charge is 0.352 e. The lowest BCUT2D eigenvalue weighted by atomic mass is 10.1. The Morgan fingerprint density at radius 1 is 1.24 bits per heavy atom. The Hall–Kier alpha value is -2.74. The Morgan fingerprint density at radius 3 is 3.04 bits per heavy atom. The molecule has 8 heteroatoms. The van der Waals surface area contributed by atoms with E-state index < -0.39 is 0 Å². The summed E-state index contributed by atoms with van der Waals surface area (Å²) in [5.74, 6) is -0.138. The first-order valence-electron chi connectivity index (χ1n) is 8.12. The molecular weight excluding hydrogens is 338 g/mol. The maximum absolute atomic E-state index is 12.3. The second kappa shape index (κ2) is 6.64. The van der Waals surface area contributed by atoms with E-state index in [4.69, 9.17) is 0 Å². The van der Waals surface area contributed by atoms with Crippen molar-refractivity contribution in [1.82, 2.24) is 25.6 Å². The lowest BCUT2D eigenvalue weighted by Gasteiger charge is -2.27. The number of aromatic nitrogens is 3. The first kappa shape index (κ1) is 15.8. The van der Waals surface area contributed by atoms with Crippen molar-refractivity contribution >= 4 is 34.2 Å². The van der Waals surface area contributed by atoms with Gasteiger partial charge < -0.3 is 10.2 Å². The van der Waals surface area contributed by atoms with E-state index in [1.807, 2.05) is 4.90 Å². The van der Waals surface area contributed by atoms with Crippen molar-refractivity contribution in [2.75, 3.05) is 13.1 Å². The molecule has 0 radical (unpaired) electrons. The number of carbonyl (C=O) groups excluding carboxylic acids is 2. The summed E-state index contributed by atoms with van der Waals surface area (Å²) < 4.78 is 0. The van der Waals surface area contributed by atoms with Crippen LogP contribution in [0.15, 0.2) is 29.6 Å². The molecule has 0 spiro atoms. The Morgan fingerprint density at radius 2 is 2.12 bits per heavy atom. The Balaban J connectivity index is 1.30. The van der Waals surface area contributed by atoms with Gasteiger partial charge in [-0.1, -0.05) is 0 Å². The standard InChI is InChI=1S/C17H17N5O2S/c23-16(22-7-4-15-12(10-22)5-8-25-15)3-6-18-17(24)11-1-2-13-14(9-11)20-21-19-13/h1-2,5,8-9H,3-4,6-7,10H2,(H,18,24)(H,19,20,21). The predicted octanol–water partition coefficient (Wildman–Crippen LogP) is 1.72. The normalized spacial score (nSPS) is 13.7. The van der Waals surface area contributed by atoms with Crippen LogP contribution in [0.1, 0.15) is 27.2 Å². The summed E-state index contributed by atoms with van der Waals surface area (Å²) in [6.45, 7) is 1.75. The molecule has 3 heterocycles. The van der Waals surface area contributed by atoms with Crippen LogP contribution in [0.3, 0.4) is 0 Å². The number of thiophene rings is 1. The van der Waals surface area contributed by atoms with Crippen molar-refractivity contribution < 1.29 is 9.59 Å². The van der Waals surface area contributed by atoms with Crippen molar-refractivity contribution in [2.45, 2.75) is 19.4 Å². The van der Waals surface area contributed by atoms with Crippen LogP contribution in [0, 0.1) is 0 Å². The molecule has 0 aliphatic carbocycles. The number of hydrogen-bond donors (Lipinski definition) is 2. The van der Waals surface area contributed by atoms with Gasteiger partial charge in [0.25, 0.3) is 5.91 Å². The Kier molecular flexibility index (Phi) is 4.19. The molecule has 0 fully saturated rings. The van der Waals surface area contributed by atoms with Crippen molar-refractivity contribution in [3.63, 3.8) is 0 Å². The van der Waals surface area contributed by atoms with Gasteiger partial charge in [0.05, 0.1) is 0 Å². The van der Waals surface area contributed by atoms with Gasteiger partial charge in [0.15, 0.2) is 0 Å². The van der Waals surface area contributed by atoms with Crippen molar-refractivity contribution in [3.8, 4) is 0 Å². The van der Waals surface area contributed by atoms with Crippen molar-refractivity contribution in [1.29, 1.82) is 0 Å². The average molecular weight is 355 g/mol. The number of aromatic amines is 1. The number of nitrogens with zero attached hydrogens (tertiary/aromatic N) is 3.